The van der Waals surface area contributed by atoms with E-state index in [2.05, 4.69) is 80.7 Å². The maximum atomic E-state index is 13.6. The molecule has 368 valence electrons. The zero-order chi connectivity index (χ0) is 49.2. The van der Waals surface area contributed by atoms with Gasteiger partial charge in [-0.2, -0.15) is 5.10 Å². The van der Waals surface area contributed by atoms with Gasteiger partial charge in [-0.05, 0) is 142 Å². The van der Waals surface area contributed by atoms with Crippen LogP contribution in [0, 0.1) is 29.5 Å². The van der Waals surface area contributed by atoms with E-state index in [1.165, 1.54) is 33.0 Å². The van der Waals surface area contributed by atoms with E-state index in [0.29, 0.717) is 49.6 Å². The second kappa shape index (κ2) is 20.8. The number of carbonyl (C=O) groups excluding carboxylic acids is 4. The number of rotatable bonds is 11. The van der Waals surface area contributed by atoms with Crippen molar-refractivity contribution in [3.8, 4) is 11.8 Å². The van der Waals surface area contributed by atoms with Gasteiger partial charge in [0.2, 0.25) is 17.7 Å². The number of likely N-dealkylation sites (tertiary alicyclic amines) is 3. The van der Waals surface area contributed by atoms with Crippen LogP contribution in [0.15, 0.2) is 96.1 Å². The van der Waals surface area contributed by atoms with Crippen LogP contribution < -0.4 is 16.3 Å². The molecule has 2 aromatic heterocycles. The third-order valence-corrected chi connectivity index (χ3v) is 15.6. The molecule has 4 aliphatic heterocycles. The quantitative estimate of drug-likeness (QED) is 0.108. The van der Waals surface area contributed by atoms with Crippen LogP contribution in [0.4, 0.5) is 4.39 Å². The molecular formula is C56H62FN9O5. The first-order valence-electron chi connectivity index (χ1n) is 25.4. The van der Waals surface area contributed by atoms with Gasteiger partial charge in [0.1, 0.15) is 11.9 Å². The summed E-state index contributed by atoms with van der Waals surface area (Å²) in [5, 5.41) is 12.3. The number of imidazole rings is 1. The normalized spacial score (nSPS) is 19.4. The largest absolute Gasteiger partial charge is 0.352 e. The van der Waals surface area contributed by atoms with Crippen molar-refractivity contribution in [1.29, 1.82) is 0 Å². The number of hydrogen-bond acceptors (Lipinski definition) is 8. The van der Waals surface area contributed by atoms with Crippen molar-refractivity contribution in [2.24, 2.45) is 18.9 Å². The van der Waals surface area contributed by atoms with Crippen LogP contribution in [0.3, 0.4) is 0 Å². The van der Waals surface area contributed by atoms with Gasteiger partial charge >= 0.3 is 5.69 Å². The van der Waals surface area contributed by atoms with Crippen molar-refractivity contribution in [3.05, 3.63) is 135 Å². The number of nitrogens with one attached hydrogen (secondary N) is 2. The Hall–Kier alpha value is -6.89. The molecule has 15 heteroatoms. The van der Waals surface area contributed by atoms with Crippen LogP contribution in [-0.2, 0) is 34.5 Å². The zero-order valence-corrected chi connectivity index (χ0v) is 40.6. The molecule has 2 unspecified atom stereocenters. The Balaban J connectivity index is 0.675. The average molecular weight is 960 g/mol. The molecule has 0 aliphatic carbocycles. The molecule has 10 rings (SSSR count). The van der Waals surface area contributed by atoms with Gasteiger partial charge in [0.15, 0.2) is 0 Å². The number of hydrogen-bond donors (Lipinski definition) is 2. The second-order valence-electron chi connectivity index (χ2n) is 20.0. The maximum absolute atomic E-state index is 13.6. The van der Waals surface area contributed by atoms with Crippen LogP contribution in [0.2, 0.25) is 0 Å². The average Bonchev–Trinajstić information content (AvgIpc) is 3.97. The molecule has 6 heterocycles. The molecule has 4 aliphatic rings. The van der Waals surface area contributed by atoms with E-state index in [1.807, 2.05) is 40.0 Å². The minimum absolute atomic E-state index is 0.00966. The van der Waals surface area contributed by atoms with Crippen molar-refractivity contribution in [2.45, 2.75) is 89.4 Å². The first-order chi connectivity index (χ1) is 34.5. The van der Waals surface area contributed by atoms with Gasteiger partial charge < -0.3 is 15.1 Å². The van der Waals surface area contributed by atoms with Gasteiger partial charge in [0.25, 0.3) is 5.91 Å². The van der Waals surface area contributed by atoms with Crippen molar-refractivity contribution < 1.29 is 23.6 Å². The number of carbonyl (C=O) groups is 4. The Morgan fingerprint density at radius 2 is 1.61 bits per heavy atom. The van der Waals surface area contributed by atoms with Crippen LogP contribution in [-0.4, -0.2) is 103 Å². The summed E-state index contributed by atoms with van der Waals surface area (Å²) in [5.41, 5.74) is 5.92. The lowest BCUT2D eigenvalue weighted by Crippen LogP contribution is -2.44. The standard InChI is InChI=1S/C56H62FN9O5/c1-37(63-26-22-42(23-27-63)53(68)58-34-39-6-5-7-45(57)32-39)46-14-12-41(47-8-3-4-9-48(46)47)11-10-38-18-24-62(25-19-38)30-31-65-36-44(35-59-65)55(70)64-28-20-40(21-29-64)43-13-15-49-51(33-43)61(2)56(71)66(49)50-16-17-52(67)60-54(50)69/h3-9,12-15,32-33,35-38,40,42,50H,16-31,34H2,1-2H3,(H,58,68)(H,60,67,69). The fourth-order valence-corrected chi connectivity index (χ4v) is 11.3. The highest BCUT2D eigenvalue weighted by atomic mass is 19.1. The van der Waals surface area contributed by atoms with Gasteiger partial charge in [-0.1, -0.05) is 60.4 Å². The van der Waals surface area contributed by atoms with Crippen LogP contribution in [0.25, 0.3) is 21.8 Å². The summed E-state index contributed by atoms with van der Waals surface area (Å²) in [7, 11) is 1.71. The van der Waals surface area contributed by atoms with E-state index in [-0.39, 0.29) is 53.5 Å². The highest BCUT2D eigenvalue weighted by Crippen LogP contribution is 2.34. The Labute approximate surface area is 413 Å². The predicted molar refractivity (Wildman–Crippen MR) is 270 cm³/mol. The second-order valence-corrected chi connectivity index (χ2v) is 20.0. The van der Waals surface area contributed by atoms with E-state index in [0.717, 1.165) is 93.5 Å². The highest BCUT2D eigenvalue weighted by molar-refractivity contribution is 6.00. The summed E-state index contributed by atoms with van der Waals surface area (Å²) in [6, 6.07) is 24.7. The number of aromatic nitrogens is 4. The van der Waals surface area contributed by atoms with Gasteiger partial charge in [-0.3, -0.25) is 43.2 Å². The molecule has 2 atom stereocenters. The molecule has 71 heavy (non-hydrogen) atoms. The van der Waals surface area contributed by atoms with Crippen molar-refractivity contribution >= 4 is 45.4 Å². The number of nitrogens with zero attached hydrogens (tertiary/aromatic N) is 7. The number of halogens is 1. The molecule has 4 amide bonds. The lowest BCUT2D eigenvalue weighted by Gasteiger charge is -2.36. The number of benzene rings is 4. The Morgan fingerprint density at radius 3 is 2.37 bits per heavy atom. The lowest BCUT2D eigenvalue weighted by atomic mass is 9.89. The van der Waals surface area contributed by atoms with Crippen LogP contribution in [0.5, 0.6) is 0 Å². The summed E-state index contributed by atoms with van der Waals surface area (Å²) < 4.78 is 18.6. The molecular weight excluding hydrogens is 898 g/mol. The number of fused-ring (bicyclic) bond motifs is 2. The molecule has 0 bridgehead atoms. The van der Waals surface area contributed by atoms with Crippen molar-refractivity contribution in [3.63, 3.8) is 0 Å². The van der Waals surface area contributed by atoms with Gasteiger partial charge in [0.05, 0.1) is 29.3 Å². The molecule has 0 saturated carbocycles. The van der Waals surface area contributed by atoms with E-state index in [4.69, 9.17) is 0 Å². The van der Waals surface area contributed by atoms with E-state index in [1.54, 1.807) is 23.9 Å². The number of imide groups is 1. The summed E-state index contributed by atoms with van der Waals surface area (Å²) in [6.07, 6.45) is 9.20. The minimum Gasteiger partial charge on any atom is -0.352 e. The van der Waals surface area contributed by atoms with Crippen molar-refractivity contribution in [2.75, 3.05) is 45.8 Å². The smallest absolute Gasteiger partial charge is 0.329 e. The third-order valence-electron chi connectivity index (χ3n) is 15.6. The van der Waals surface area contributed by atoms with Gasteiger partial charge in [-0.25, -0.2) is 9.18 Å². The summed E-state index contributed by atoms with van der Waals surface area (Å²) >= 11 is 0. The van der Waals surface area contributed by atoms with E-state index < -0.39 is 11.9 Å². The third kappa shape index (κ3) is 10.3. The molecule has 4 saturated heterocycles. The SMILES string of the molecule is CC(c1ccc(C#CC2CCN(CCn3cc(C(=O)N4CCC(c5ccc6c(c5)n(C)c(=O)n6C5CCC(=O)NC5=O)CC4)cn3)CC2)c2ccccc12)N1CCC(C(=O)NCc2cccc(F)c2)CC1. The fourth-order valence-electron chi connectivity index (χ4n) is 11.3. The lowest BCUT2D eigenvalue weighted by molar-refractivity contribution is -0.135. The number of aryl methyl sites for hydroxylation is 1. The molecule has 14 nitrogen and oxygen atoms in total. The Bertz CT molecular complexity index is 3100. The molecule has 0 spiro atoms. The summed E-state index contributed by atoms with van der Waals surface area (Å²) in [5.74, 6) is 6.66. The molecule has 4 fully saturated rings. The van der Waals surface area contributed by atoms with Gasteiger partial charge in [0, 0.05) is 69.3 Å². The zero-order valence-electron chi connectivity index (χ0n) is 40.6. The summed E-state index contributed by atoms with van der Waals surface area (Å²) in [6.45, 7) is 8.96. The van der Waals surface area contributed by atoms with E-state index in [9.17, 15) is 28.4 Å². The first kappa shape index (κ1) is 47.8. The number of amides is 4. The molecule has 0 radical (unpaired) electrons. The Kier molecular flexibility index (Phi) is 14.0. The Morgan fingerprint density at radius 1 is 0.831 bits per heavy atom. The number of piperidine rings is 4. The van der Waals surface area contributed by atoms with Crippen LogP contribution in [0.1, 0.15) is 109 Å². The monoisotopic (exact) mass is 959 g/mol. The van der Waals surface area contributed by atoms with Gasteiger partial charge in [-0.15, -0.1) is 0 Å². The fraction of sp³-hybridized carbons (Fsp3) is 0.429. The molecule has 2 N–H and O–H groups in total. The minimum atomic E-state index is -0.721. The topological polar surface area (TPSA) is 147 Å². The van der Waals surface area contributed by atoms with E-state index >= 15 is 0 Å². The van der Waals surface area contributed by atoms with Crippen molar-refractivity contribution in [1.82, 2.24) is 44.2 Å². The highest BCUT2D eigenvalue weighted by Gasteiger charge is 2.33. The maximum Gasteiger partial charge on any atom is 0.329 e. The van der Waals surface area contributed by atoms with Crippen LogP contribution >= 0.6 is 0 Å². The molecule has 4 aromatic carbocycles. The molecule has 6 aromatic rings. The first-order valence-corrected chi connectivity index (χ1v) is 25.4. The predicted octanol–water partition coefficient (Wildman–Crippen LogP) is 6.68. The summed E-state index contributed by atoms with van der Waals surface area (Å²) in [4.78, 5) is 71.1.